The molecule has 0 aliphatic carbocycles. The van der Waals surface area contributed by atoms with Gasteiger partial charge in [-0.3, -0.25) is 0 Å². The number of hydrogen-bond donors (Lipinski definition) is 2. The first kappa shape index (κ1) is 10.7. The van der Waals surface area contributed by atoms with E-state index in [0.29, 0.717) is 6.04 Å². The minimum absolute atomic E-state index is 0.337. The van der Waals surface area contributed by atoms with Crippen LogP contribution in [0.15, 0.2) is 17.5 Å². The molecule has 1 aromatic rings. The molecule has 0 saturated carbocycles. The summed E-state index contributed by atoms with van der Waals surface area (Å²) in [5.41, 5.74) is 5.64. The maximum Gasteiger partial charge on any atom is 0.0299 e. The molecule has 0 aliphatic heterocycles. The van der Waals surface area contributed by atoms with E-state index in [-0.39, 0.29) is 0 Å². The molecule has 1 rings (SSSR count). The second-order valence-electron chi connectivity index (χ2n) is 3.38. The lowest BCUT2D eigenvalue weighted by Crippen LogP contribution is -2.19. The van der Waals surface area contributed by atoms with Crippen LogP contribution in [0.2, 0.25) is 0 Å². The van der Waals surface area contributed by atoms with Crippen molar-refractivity contribution in [2.45, 2.75) is 32.4 Å². The second kappa shape index (κ2) is 6.13. The molecule has 1 aromatic heterocycles. The van der Waals surface area contributed by atoms with Gasteiger partial charge < -0.3 is 11.1 Å². The van der Waals surface area contributed by atoms with Crippen LogP contribution >= 0.6 is 11.3 Å². The fraction of sp³-hybridized carbons (Fsp3) is 0.600. The Morgan fingerprint density at radius 3 is 3.08 bits per heavy atom. The van der Waals surface area contributed by atoms with Crippen LogP contribution in [0.1, 0.15) is 24.6 Å². The van der Waals surface area contributed by atoms with Crippen LogP contribution in [0.25, 0.3) is 0 Å². The zero-order valence-corrected chi connectivity index (χ0v) is 8.94. The van der Waals surface area contributed by atoms with Crippen molar-refractivity contribution in [3.05, 3.63) is 22.4 Å². The van der Waals surface area contributed by atoms with E-state index in [2.05, 4.69) is 29.8 Å². The number of rotatable bonds is 6. The highest BCUT2D eigenvalue weighted by Crippen LogP contribution is 2.07. The number of nitrogens with two attached hydrogens (primary N) is 1. The van der Waals surface area contributed by atoms with E-state index in [1.165, 1.54) is 11.3 Å². The molecule has 0 bridgehead atoms. The fourth-order valence-electron chi connectivity index (χ4n) is 1.17. The Kier molecular flexibility index (Phi) is 5.05. The zero-order valence-electron chi connectivity index (χ0n) is 8.12. The fourth-order valence-corrected chi connectivity index (χ4v) is 1.85. The summed E-state index contributed by atoms with van der Waals surface area (Å²) in [5, 5.41) is 5.51. The third-order valence-electron chi connectivity index (χ3n) is 1.89. The van der Waals surface area contributed by atoms with Crippen molar-refractivity contribution in [2.24, 2.45) is 5.73 Å². The summed E-state index contributed by atoms with van der Waals surface area (Å²) >= 11 is 1.80. The van der Waals surface area contributed by atoms with Crippen molar-refractivity contribution in [3.8, 4) is 0 Å². The predicted octanol–water partition coefficient (Wildman–Crippen LogP) is 1.97. The van der Waals surface area contributed by atoms with E-state index >= 15 is 0 Å². The van der Waals surface area contributed by atoms with Gasteiger partial charge in [0.25, 0.3) is 0 Å². The van der Waals surface area contributed by atoms with E-state index in [0.717, 1.165) is 19.5 Å². The van der Waals surface area contributed by atoms with Crippen molar-refractivity contribution in [1.29, 1.82) is 0 Å². The molecule has 0 aromatic carbocycles. The Hall–Kier alpha value is -0.380. The zero-order chi connectivity index (χ0) is 9.52. The summed E-state index contributed by atoms with van der Waals surface area (Å²) in [5.74, 6) is 0. The molecule has 0 radical (unpaired) electrons. The summed E-state index contributed by atoms with van der Waals surface area (Å²) in [6, 6.07) is 4.58. The van der Waals surface area contributed by atoms with Gasteiger partial charge in [0.05, 0.1) is 0 Å². The minimum Gasteiger partial charge on any atom is -0.328 e. The van der Waals surface area contributed by atoms with E-state index < -0.39 is 0 Å². The quantitative estimate of drug-likeness (QED) is 0.686. The van der Waals surface area contributed by atoms with Crippen LogP contribution in [-0.4, -0.2) is 12.6 Å². The van der Waals surface area contributed by atoms with Crippen molar-refractivity contribution in [3.63, 3.8) is 0 Å². The first-order valence-corrected chi connectivity index (χ1v) is 5.65. The maximum absolute atomic E-state index is 5.64. The standard InChI is InChI=1S/C10H18N2S/c1-9(11)4-2-6-12-8-10-5-3-7-13-10/h3,5,7,9,12H,2,4,6,8,11H2,1H3. The number of nitrogens with one attached hydrogen (secondary N) is 1. The van der Waals surface area contributed by atoms with Crippen molar-refractivity contribution >= 4 is 11.3 Å². The Labute approximate surface area is 84.2 Å². The number of hydrogen-bond acceptors (Lipinski definition) is 3. The monoisotopic (exact) mass is 198 g/mol. The van der Waals surface area contributed by atoms with Crippen LogP contribution in [0, 0.1) is 0 Å². The molecule has 0 amide bonds. The second-order valence-corrected chi connectivity index (χ2v) is 4.41. The molecule has 13 heavy (non-hydrogen) atoms. The van der Waals surface area contributed by atoms with Crippen LogP contribution in [0.5, 0.6) is 0 Å². The molecule has 1 atom stereocenters. The molecule has 0 fully saturated rings. The smallest absolute Gasteiger partial charge is 0.0299 e. The van der Waals surface area contributed by atoms with Crippen molar-refractivity contribution in [2.75, 3.05) is 6.54 Å². The third-order valence-corrected chi connectivity index (χ3v) is 2.77. The summed E-state index contributed by atoms with van der Waals surface area (Å²) in [6.45, 7) is 4.12. The van der Waals surface area contributed by atoms with Gasteiger partial charge >= 0.3 is 0 Å². The first-order chi connectivity index (χ1) is 6.29. The normalized spacial score (nSPS) is 13.1. The SMILES string of the molecule is CC(N)CCCNCc1cccs1. The molecule has 0 saturated heterocycles. The van der Waals surface area contributed by atoms with E-state index in [1.807, 2.05) is 0 Å². The maximum atomic E-state index is 5.64. The van der Waals surface area contributed by atoms with E-state index in [9.17, 15) is 0 Å². The molecule has 74 valence electrons. The Morgan fingerprint density at radius 1 is 1.62 bits per heavy atom. The van der Waals surface area contributed by atoms with Crippen LogP contribution in [0.3, 0.4) is 0 Å². The highest BCUT2D eigenvalue weighted by Gasteiger charge is 1.94. The van der Waals surface area contributed by atoms with Gasteiger partial charge in [-0.15, -0.1) is 11.3 Å². The van der Waals surface area contributed by atoms with Gasteiger partial charge in [0.15, 0.2) is 0 Å². The Balaban J connectivity index is 1.96. The van der Waals surface area contributed by atoms with Crippen LogP contribution < -0.4 is 11.1 Å². The molecule has 0 aliphatic rings. The van der Waals surface area contributed by atoms with E-state index in [1.54, 1.807) is 11.3 Å². The lowest BCUT2D eigenvalue weighted by atomic mass is 10.2. The lowest BCUT2D eigenvalue weighted by Gasteiger charge is -2.05. The van der Waals surface area contributed by atoms with Gasteiger partial charge in [0.1, 0.15) is 0 Å². The van der Waals surface area contributed by atoms with Gasteiger partial charge in [-0.25, -0.2) is 0 Å². The summed E-state index contributed by atoms with van der Waals surface area (Å²) in [6.07, 6.45) is 2.28. The van der Waals surface area contributed by atoms with Crippen LogP contribution in [-0.2, 0) is 6.54 Å². The molecule has 2 nitrogen and oxygen atoms in total. The number of thiophene rings is 1. The Morgan fingerprint density at radius 2 is 2.46 bits per heavy atom. The summed E-state index contributed by atoms with van der Waals surface area (Å²) in [7, 11) is 0. The van der Waals surface area contributed by atoms with E-state index in [4.69, 9.17) is 5.73 Å². The van der Waals surface area contributed by atoms with Gasteiger partial charge in [0, 0.05) is 17.5 Å². The molecule has 1 heterocycles. The largest absolute Gasteiger partial charge is 0.328 e. The highest BCUT2D eigenvalue weighted by molar-refractivity contribution is 7.09. The molecule has 3 heteroatoms. The predicted molar refractivity (Wildman–Crippen MR) is 58.9 cm³/mol. The lowest BCUT2D eigenvalue weighted by molar-refractivity contribution is 0.576. The molecular weight excluding hydrogens is 180 g/mol. The summed E-state index contributed by atoms with van der Waals surface area (Å²) in [4.78, 5) is 1.40. The van der Waals surface area contributed by atoms with Crippen molar-refractivity contribution in [1.82, 2.24) is 5.32 Å². The summed E-state index contributed by atoms with van der Waals surface area (Å²) < 4.78 is 0. The first-order valence-electron chi connectivity index (χ1n) is 4.77. The average molecular weight is 198 g/mol. The molecule has 0 spiro atoms. The molecule has 3 N–H and O–H groups in total. The van der Waals surface area contributed by atoms with Gasteiger partial charge in [-0.2, -0.15) is 0 Å². The van der Waals surface area contributed by atoms with Gasteiger partial charge in [-0.05, 0) is 37.8 Å². The minimum atomic E-state index is 0.337. The molecule has 1 unspecified atom stereocenters. The Bertz CT molecular complexity index is 207. The van der Waals surface area contributed by atoms with Gasteiger partial charge in [-0.1, -0.05) is 6.07 Å². The average Bonchev–Trinajstić information content (AvgIpc) is 2.55. The third kappa shape index (κ3) is 5.03. The topological polar surface area (TPSA) is 38.0 Å². The van der Waals surface area contributed by atoms with Crippen molar-refractivity contribution < 1.29 is 0 Å². The highest BCUT2D eigenvalue weighted by atomic mass is 32.1. The van der Waals surface area contributed by atoms with Gasteiger partial charge in [0.2, 0.25) is 0 Å². The molecular formula is C10H18N2S. The van der Waals surface area contributed by atoms with Crippen LogP contribution in [0.4, 0.5) is 0 Å².